The van der Waals surface area contributed by atoms with Crippen molar-refractivity contribution in [3.05, 3.63) is 40.9 Å². The quantitative estimate of drug-likeness (QED) is 0.840. The van der Waals surface area contributed by atoms with Gasteiger partial charge in [0.1, 0.15) is 5.82 Å². The van der Waals surface area contributed by atoms with Crippen LogP contribution in [0.3, 0.4) is 0 Å². The highest BCUT2D eigenvalue weighted by Gasteiger charge is 2.42. The second-order valence-corrected chi connectivity index (χ2v) is 6.78. The van der Waals surface area contributed by atoms with Crippen LogP contribution in [-0.4, -0.2) is 37.9 Å². The fraction of sp³-hybridized carbons (Fsp3) is 0.471. The molecule has 1 saturated carbocycles. The molecule has 6 nitrogen and oxygen atoms in total. The first-order valence-electron chi connectivity index (χ1n) is 8.12. The molecule has 1 aliphatic carbocycles. The van der Waals surface area contributed by atoms with Crippen molar-refractivity contribution in [1.82, 2.24) is 20.1 Å². The number of rotatable bonds is 6. The van der Waals surface area contributed by atoms with Gasteiger partial charge in [-0.2, -0.15) is 0 Å². The number of aliphatic hydroxyl groups excluding tert-OH is 1. The minimum Gasteiger partial charge on any atom is -0.394 e. The Morgan fingerprint density at radius 3 is 2.75 bits per heavy atom. The maximum absolute atomic E-state index is 12.6. The third kappa shape index (κ3) is 3.16. The number of aliphatic hydroxyl groups is 1. The lowest BCUT2D eigenvalue weighted by Gasteiger charge is -2.28. The topological polar surface area (TPSA) is 80.0 Å². The van der Waals surface area contributed by atoms with Gasteiger partial charge < -0.3 is 10.4 Å². The lowest BCUT2D eigenvalue weighted by molar-refractivity contribution is 0.0814. The van der Waals surface area contributed by atoms with Crippen LogP contribution < -0.4 is 5.32 Å². The van der Waals surface area contributed by atoms with Crippen LogP contribution in [0.25, 0.3) is 5.69 Å². The first-order valence-corrected chi connectivity index (χ1v) is 8.50. The van der Waals surface area contributed by atoms with Gasteiger partial charge >= 0.3 is 0 Å². The van der Waals surface area contributed by atoms with Crippen LogP contribution >= 0.6 is 11.6 Å². The molecule has 2 aromatic rings. The number of para-hydroxylation sites is 1. The molecule has 1 fully saturated rings. The first-order chi connectivity index (χ1) is 11.5. The number of carbonyl (C=O) groups excluding carboxylic acids is 1. The molecule has 1 aromatic heterocycles. The fourth-order valence-electron chi connectivity index (χ4n) is 2.79. The molecule has 1 amide bonds. The Balaban J connectivity index is 1.90. The molecule has 7 heteroatoms. The van der Waals surface area contributed by atoms with E-state index < -0.39 is 5.54 Å². The summed E-state index contributed by atoms with van der Waals surface area (Å²) in [7, 11) is 0. The molecule has 1 unspecified atom stereocenters. The number of nitrogens with zero attached hydrogens (tertiary/aromatic N) is 3. The second-order valence-electron chi connectivity index (χ2n) is 6.37. The second kappa shape index (κ2) is 6.53. The summed E-state index contributed by atoms with van der Waals surface area (Å²) < 4.78 is 1.60. The summed E-state index contributed by atoms with van der Waals surface area (Å²) in [6.45, 7) is 3.70. The van der Waals surface area contributed by atoms with E-state index in [1.54, 1.807) is 10.7 Å². The molecule has 0 saturated heterocycles. The monoisotopic (exact) mass is 348 g/mol. The van der Waals surface area contributed by atoms with E-state index in [4.69, 9.17) is 11.6 Å². The zero-order chi connectivity index (χ0) is 17.3. The van der Waals surface area contributed by atoms with E-state index in [1.807, 2.05) is 32.0 Å². The number of aryl methyl sites for hydroxylation is 1. The van der Waals surface area contributed by atoms with Gasteiger partial charge in [0, 0.05) is 6.42 Å². The Kier molecular flexibility index (Phi) is 4.60. The third-order valence-electron chi connectivity index (χ3n) is 4.48. The van der Waals surface area contributed by atoms with E-state index in [-0.39, 0.29) is 18.3 Å². The van der Waals surface area contributed by atoms with Crippen LogP contribution in [0.2, 0.25) is 5.02 Å². The molecule has 0 bridgehead atoms. The standard InChI is InChI=1S/C17H21ClN4O2/c1-3-14-19-15(16(24)20-17(2,10-23)11-8-9-11)21-22(14)13-7-5-4-6-12(13)18/h4-7,11,23H,3,8-10H2,1-2H3,(H,20,24). The Labute approximate surface area is 145 Å². The molecule has 1 aliphatic rings. The van der Waals surface area contributed by atoms with Crippen LogP contribution in [0, 0.1) is 5.92 Å². The summed E-state index contributed by atoms with van der Waals surface area (Å²) in [5.74, 6) is 0.680. The van der Waals surface area contributed by atoms with Gasteiger partial charge in [-0.1, -0.05) is 30.7 Å². The van der Waals surface area contributed by atoms with Crippen molar-refractivity contribution >= 4 is 17.5 Å². The van der Waals surface area contributed by atoms with E-state index in [2.05, 4.69) is 15.4 Å². The molecular weight excluding hydrogens is 328 g/mol. The molecule has 0 aliphatic heterocycles. The number of carbonyl (C=O) groups is 1. The highest BCUT2D eigenvalue weighted by atomic mass is 35.5. The molecule has 0 spiro atoms. The van der Waals surface area contributed by atoms with E-state index in [9.17, 15) is 9.90 Å². The smallest absolute Gasteiger partial charge is 0.291 e. The Bertz CT molecular complexity index is 757. The van der Waals surface area contributed by atoms with E-state index >= 15 is 0 Å². The molecule has 0 radical (unpaired) electrons. The number of halogens is 1. The number of hydrogen-bond acceptors (Lipinski definition) is 4. The summed E-state index contributed by atoms with van der Waals surface area (Å²) in [4.78, 5) is 16.9. The largest absolute Gasteiger partial charge is 0.394 e. The molecule has 3 rings (SSSR count). The van der Waals surface area contributed by atoms with Gasteiger partial charge in [-0.25, -0.2) is 9.67 Å². The van der Waals surface area contributed by atoms with Crippen molar-refractivity contribution in [2.75, 3.05) is 6.61 Å². The van der Waals surface area contributed by atoms with Crippen molar-refractivity contribution < 1.29 is 9.90 Å². The van der Waals surface area contributed by atoms with Crippen LogP contribution in [0.4, 0.5) is 0 Å². The highest BCUT2D eigenvalue weighted by Crippen LogP contribution is 2.39. The SMILES string of the molecule is CCc1nc(C(=O)NC(C)(CO)C2CC2)nn1-c1ccccc1Cl. The van der Waals surface area contributed by atoms with E-state index in [0.717, 1.165) is 12.8 Å². The average Bonchev–Trinajstić information content (AvgIpc) is 3.35. The molecule has 2 N–H and O–H groups in total. The molecule has 1 heterocycles. The van der Waals surface area contributed by atoms with Crippen molar-refractivity contribution in [3.8, 4) is 5.69 Å². The summed E-state index contributed by atoms with van der Waals surface area (Å²) in [5, 5.41) is 17.4. The summed E-state index contributed by atoms with van der Waals surface area (Å²) in [5.41, 5.74) is 0.0638. The maximum atomic E-state index is 12.6. The molecule has 128 valence electrons. The van der Waals surface area contributed by atoms with Crippen molar-refractivity contribution in [1.29, 1.82) is 0 Å². The van der Waals surface area contributed by atoms with Gasteiger partial charge in [-0.15, -0.1) is 5.10 Å². The van der Waals surface area contributed by atoms with Gasteiger partial charge in [0.05, 0.1) is 22.9 Å². The lowest BCUT2D eigenvalue weighted by Crippen LogP contribution is -2.51. The van der Waals surface area contributed by atoms with Crippen molar-refractivity contribution in [3.63, 3.8) is 0 Å². The number of benzene rings is 1. The van der Waals surface area contributed by atoms with E-state index in [0.29, 0.717) is 28.9 Å². The summed E-state index contributed by atoms with van der Waals surface area (Å²) in [6.07, 6.45) is 2.64. The summed E-state index contributed by atoms with van der Waals surface area (Å²) >= 11 is 6.23. The van der Waals surface area contributed by atoms with Crippen molar-refractivity contribution in [2.24, 2.45) is 5.92 Å². The third-order valence-corrected chi connectivity index (χ3v) is 4.80. The predicted molar refractivity (Wildman–Crippen MR) is 91.4 cm³/mol. The predicted octanol–water partition coefficient (Wildman–Crippen LogP) is 2.37. The maximum Gasteiger partial charge on any atom is 0.291 e. The van der Waals surface area contributed by atoms with Crippen molar-refractivity contribution in [2.45, 2.75) is 38.6 Å². The van der Waals surface area contributed by atoms with E-state index in [1.165, 1.54) is 0 Å². The summed E-state index contributed by atoms with van der Waals surface area (Å²) in [6, 6.07) is 7.30. The number of hydrogen-bond donors (Lipinski definition) is 2. The number of amides is 1. The minimum atomic E-state index is -0.626. The Hall–Kier alpha value is -1.92. The van der Waals surface area contributed by atoms with Crippen LogP contribution in [0.5, 0.6) is 0 Å². The van der Waals surface area contributed by atoms with Gasteiger partial charge in [0.2, 0.25) is 5.82 Å². The molecule has 1 aromatic carbocycles. The average molecular weight is 349 g/mol. The van der Waals surface area contributed by atoms with Gasteiger partial charge in [-0.3, -0.25) is 4.79 Å². The normalized spacial score (nSPS) is 16.7. The number of nitrogens with one attached hydrogen (secondary N) is 1. The van der Waals surface area contributed by atoms with Gasteiger partial charge in [-0.05, 0) is 37.8 Å². The van der Waals surface area contributed by atoms with Gasteiger partial charge in [0.25, 0.3) is 5.91 Å². The van der Waals surface area contributed by atoms with Crippen LogP contribution in [0.1, 0.15) is 43.1 Å². The molecule has 1 atom stereocenters. The van der Waals surface area contributed by atoms with Crippen LogP contribution in [0.15, 0.2) is 24.3 Å². The first kappa shape index (κ1) is 16.9. The zero-order valence-electron chi connectivity index (χ0n) is 13.8. The van der Waals surface area contributed by atoms with Gasteiger partial charge in [0.15, 0.2) is 0 Å². The van der Waals surface area contributed by atoms with Crippen LogP contribution in [-0.2, 0) is 6.42 Å². The zero-order valence-corrected chi connectivity index (χ0v) is 14.5. The Morgan fingerprint density at radius 1 is 1.46 bits per heavy atom. The molecular formula is C17H21ClN4O2. The highest BCUT2D eigenvalue weighted by molar-refractivity contribution is 6.32. The lowest BCUT2D eigenvalue weighted by atomic mass is 9.97. The minimum absolute atomic E-state index is 0.0899. The molecule has 24 heavy (non-hydrogen) atoms. The number of aromatic nitrogens is 3. The fourth-order valence-corrected chi connectivity index (χ4v) is 3.01. The Morgan fingerprint density at radius 2 is 2.17 bits per heavy atom.